The molecule has 1 atom stereocenters. The van der Waals surface area contributed by atoms with Crippen molar-refractivity contribution in [2.24, 2.45) is 0 Å². The van der Waals surface area contributed by atoms with Gasteiger partial charge in [-0.25, -0.2) is 4.98 Å². The molecule has 0 radical (unpaired) electrons. The topological polar surface area (TPSA) is 71.5 Å². The molecule has 0 saturated carbocycles. The largest absolute Gasteiger partial charge is 0.468 e. The van der Waals surface area contributed by atoms with Gasteiger partial charge in [0.1, 0.15) is 11.5 Å². The summed E-state index contributed by atoms with van der Waals surface area (Å²) in [7, 11) is 0. The standard InChI is InChI=1S/C21H23N3O3/c1-15-19(23-21(27-15)16-8-3-2-4-9-16)20(25)22-14-17(18-10-7-13-26-18)24-11-5-6-12-24/h2-4,7-10,13,17H,5-6,11-12,14H2,1H3,(H,22,25)/t17-/m0/s1. The summed E-state index contributed by atoms with van der Waals surface area (Å²) >= 11 is 0. The number of carbonyl (C=O) groups is 1. The third-order valence-corrected chi connectivity index (χ3v) is 4.94. The van der Waals surface area contributed by atoms with E-state index < -0.39 is 0 Å². The van der Waals surface area contributed by atoms with E-state index in [0.717, 1.165) is 24.4 Å². The number of hydrogen-bond donors (Lipinski definition) is 1. The fourth-order valence-corrected chi connectivity index (χ4v) is 3.53. The van der Waals surface area contributed by atoms with Gasteiger partial charge in [-0.2, -0.15) is 0 Å². The Morgan fingerprint density at radius 1 is 1.19 bits per heavy atom. The Hall–Kier alpha value is -2.86. The average Bonchev–Trinajstić information content (AvgIpc) is 3.45. The van der Waals surface area contributed by atoms with Crippen molar-refractivity contribution in [2.45, 2.75) is 25.8 Å². The summed E-state index contributed by atoms with van der Waals surface area (Å²) < 4.78 is 11.3. The summed E-state index contributed by atoms with van der Waals surface area (Å²) in [4.78, 5) is 19.5. The van der Waals surface area contributed by atoms with Crippen molar-refractivity contribution in [1.82, 2.24) is 15.2 Å². The Bertz CT molecular complexity index is 881. The Balaban J connectivity index is 1.48. The van der Waals surface area contributed by atoms with Crippen molar-refractivity contribution < 1.29 is 13.6 Å². The van der Waals surface area contributed by atoms with Crippen molar-refractivity contribution in [3.8, 4) is 11.5 Å². The van der Waals surface area contributed by atoms with Crippen molar-refractivity contribution in [3.63, 3.8) is 0 Å². The number of amides is 1. The minimum Gasteiger partial charge on any atom is -0.468 e. The maximum absolute atomic E-state index is 12.7. The number of nitrogens with zero attached hydrogens (tertiary/aromatic N) is 2. The summed E-state index contributed by atoms with van der Waals surface area (Å²) in [5.41, 5.74) is 1.18. The number of likely N-dealkylation sites (tertiary alicyclic amines) is 1. The first-order valence-electron chi connectivity index (χ1n) is 9.31. The molecular formula is C21H23N3O3. The Labute approximate surface area is 158 Å². The monoisotopic (exact) mass is 365 g/mol. The minimum atomic E-state index is -0.228. The van der Waals surface area contributed by atoms with Crippen LogP contribution >= 0.6 is 0 Å². The first kappa shape index (κ1) is 17.5. The lowest BCUT2D eigenvalue weighted by molar-refractivity contribution is 0.0928. The normalized spacial score (nSPS) is 15.7. The van der Waals surface area contributed by atoms with E-state index in [2.05, 4.69) is 15.2 Å². The number of benzene rings is 1. The first-order chi connectivity index (χ1) is 13.2. The van der Waals surface area contributed by atoms with E-state index >= 15 is 0 Å². The summed E-state index contributed by atoms with van der Waals surface area (Å²) in [5, 5.41) is 3.01. The summed E-state index contributed by atoms with van der Waals surface area (Å²) in [6.45, 7) is 4.27. The molecule has 0 unspecified atom stereocenters. The molecular weight excluding hydrogens is 342 g/mol. The van der Waals surface area contributed by atoms with Gasteiger partial charge in [-0.1, -0.05) is 18.2 Å². The molecule has 2 aromatic heterocycles. The molecule has 27 heavy (non-hydrogen) atoms. The van der Waals surface area contributed by atoms with Crippen molar-refractivity contribution >= 4 is 5.91 Å². The number of rotatable bonds is 6. The van der Waals surface area contributed by atoms with Crippen LogP contribution in [0.15, 0.2) is 57.6 Å². The predicted molar refractivity (Wildman–Crippen MR) is 101 cm³/mol. The van der Waals surface area contributed by atoms with Crippen LogP contribution in [0.25, 0.3) is 11.5 Å². The van der Waals surface area contributed by atoms with Crippen LogP contribution in [0, 0.1) is 6.92 Å². The molecule has 6 heteroatoms. The molecule has 1 aliphatic heterocycles. The van der Waals surface area contributed by atoms with Crippen LogP contribution in [0.4, 0.5) is 0 Å². The number of nitrogens with one attached hydrogen (secondary N) is 1. The van der Waals surface area contributed by atoms with E-state index in [0.29, 0.717) is 23.9 Å². The fraction of sp³-hybridized carbons (Fsp3) is 0.333. The number of oxazole rings is 1. The van der Waals surface area contributed by atoms with Crippen LogP contribution in [0.1, 0.15) is 40.9 Å². The van der Waals surface area contributed by atoms with Crippen LogP contribution in [-0.2, 0) is 0 Å². The zero-order valence-corrected chi connectivity index (χ0v) is 15.4. The van der Waals surface area contributed by atoms with Crippen LogP contribution in [0.5, 0.6) is 0 Å². The molecule has 140 valence electrons. The van der Waals surface area contributed by atoms with Gasteiger partial charge in [0.2, 0.25) is 5.89 Å². The zero-order valence-electron chi connectivity index (χ0n) is 15.4. The van der Waals surface area contributed by atoms with E-state index in [1.165, 1.54) is 12.8 Å². The smallest absolute Gasteiger partial charge is 0.273 e. The number of aromatic nitrogens is 1. The summed E-state index contributed by atoms with van der Waals surface area (Å²) in [6, 6.07) is 13.5. The Morgan fingerprint density at radius 3 is 2.67 bits per heavy atom. The van der Waals surface area contributed by atoms with Crippen LogP contribution in [-0.4, -0.2) is 35.4 Å². The highest BCUT2D eigenvalue weighted by atomic mass is 16.4. The number of furan rings is 1. The highest BCUT2D eigenvalue weighted by Gasteiger charge is 2.27. The molecule has 1 aliphatic rings. The molecule has 4 rings (SSSR count). The van der Waals surface area contributed by atoms with Crippen LogP contribution in [0.3, 0.4) is 0 Å². The van der Waals surface area contributed by atoms with E-state index in [1.54, 1.807) is 13.2 Å². The molecule has 0 spiro atoms. The highest BCUT2D eigenvalue weighted by molar-refractivity contribution is 5.93. The van der Waals surface area contributed by atoms with Gasteiger partial charge in [0.15, 0.2) is 5.69 Å². The zero-order chi connectivity index (χ0) is 18.6. The second-order valence-corrected chi connectivity index (χ2v) is 6.77. The summed E-state index contributed by atoms with van der Waals surface area (Å²) in [6.07, 6.45) is 4.02. The van der Waals surface area contributed by atoms with Gasteiger partial charge >= 0.3 is 0 Å². The summed E-state index contributed by atoms with van der Waals surface area (Å²) in [5.74, 6) is 1.62. The van der Waals surface area contributed by atoms with E-state index in [-0.39, 0.29) is 11.9 Å². The molecule has 0 aliphatic carbocycles. The molecule has 6 nitrogen and oxygen atoms in total. The number of aryl methyl sites for hydroxylation is 1. The molecule has 3 aromatic rings. The van der Waals surface area contributed by atoms with Crippen molar-refractivity contribution in [3.05, 3.63) is 65.9 Å². The predicted octanol–water partition coefficient (Wildman–Crippen LogP) is 3.81. The minimum absolute atomic E-state index is 0.0345. The Morgan fingerprint density at radius 2 is 1.96 bits per heavy atom. The molecule has 1 aromatic carbocycles. The van der Waals surface area contributed by atoms with Gasteiger partial charge < -0.3 is 14.2 Å². The number of hydrogen-bond acceptors (Lipinski definition) is 5. The molecule has 1 N–H and O–H groups in total. The molecule has 0 bridgehead atoms. The van der Waals surface area contributed by atoms with Gasteiger partial charge in [0, 0.05) is 12.1 Å². The lowest BCUT2D eigenvalue weighted by Crippen LogP contribution is -2.36. The Kier molecular flexibility index (Phi) is 5.07. The van der Waals surface area contributed by atoms with Crippen molar-refractivity contribution in [2.75, 3.05) is 19.6 Å². The SMILES string of the molecule is Cc1oc(-c2ccccc2)nc1C(=O)NC[C@@H](c1ccco1)N1CCCC1. The molecule has 3 heterocycles. The van der Waals surface area contributed by atoms with Crippen molar-refractivity contribution in [1.29, 1.82) is 0 Å². The number of carbonyl (C=O) groups excluding carboxylic acids is 1. The lowest BCUT2D eigenvalue weighted by Gasteiger charge is -2.25. The van der Waals surface area contributed by atoms with Gasteiger partial charge in [-0.05, 0) is 57.1 Å². The molecule has 1 fully saturated rings. The second kappa shape index (κ2) is 7.80. The quantitative estimate of drug-likeness (QED) is 0.719. The third-order valence-electron chi connectivity index (χ3n) is 4.94. The van der Waals surface area contributed by atoms with Gasteiger partial charge in [0.05, 0.1) is 12.3 Å². The van der Waals surface area contributed by atoms with Gasteiger partial charge in [-0.15, -0.1) is 0 Å². The van der Waals surface area contributed by atoms with Gasteiger partial charge in [0.25, 0.3) is 5.91 Å². The average molecular weight is 365 g/mol. The maximum Gasteiger partial charge on any atom is 0.273 e. The highest BCUT2D eigenvalue weighted by Crippen LogP contribution is 2.25. The molecule has 1 amide bonds. The fourth-order valence-electron chi connectivity index (χ4n) is 3.53. The first-order valence-corrected chi connectivity index (χ1v) is 9.31. The van der Waals surface area contributed by atoms with Crippen LogP contribution < -0.4 is 5.32 Å². The second-order valence-electron chi connectivity index (χ2n) is 6.77. The lowest BCUT2D eigenvalue weighted by atomic mass is 10.2. The molecule has 1 saturated heterocycles. The van der Waals surface area contributed by atoms with E-state index in [1.807, 2.05) is 42.5 Å². The third kappa shape index (κ3) is 3.80. The van der Waals surface area contributed by atoms with Crippen LogP contribution in [0.2, 0.25) is 0 Å². The van der Waals surface area contributed by atoms with E-state index in [4.69, 9.17) is 8.83 Å². The van der Waals surface area contributed by atoms with Gasteiger partial charge in [-0.3, -0.25) is 9.69 Å². The van der Waals surface area contributed by atoms with E-state index in [9.17, 15) is 4.79 Å². The maximum atomic E-state index is 12.7.